The number of piperazine rings is 1. The number of benzene rings is 1. The van der Waals surface area contributed by atoms with Gasteiger partial charge in [0.2, 0.25) is 5.91 Å². The number of ketones is 1. The summed E-state index contributed by atoms with van der Waals surface area (Å²) >= 11 is 0. The molecule has 0 atom stereocenters. The van der Waals surface area contributed by atoms with Gasteiger partial charge in [-0.2, -0.15) is 0 Å². The summed E-state index contributed by atoms with van der Waals surface area (Å²) in [5.41, 5.74) is 0.782. The van der Waals surface area contributed by atoms with Gasteiger partial charge < -0.3 is 4.90 Å². The Labute approximate surface area is 114 Å². The number of carbonyl (C=O) groups is 2. The molecule has 0 saturated carbocycles. The maximum atomic E-state index is 12.0. The first-order valence-electron chi connectivity index (χ1n) is 6.73. The van der Waals surface area contributed by atoms with Crippen LogP contribution in [0.4, 0.5) is 0 Å². The van der Waals surface area contributed by atoms with Gasteiger partial charge in [0.25, 0.3) is 0 Å². The molecule has 0 bridgehead atoms. The number of hydrogen-bond donors (Lipinski definition) is 0. The molecule has 1 aromatic carbocycles. The van der Waals surface area contributed by atoms with Crippen molar-refractivity contribution < 1.29 is 9.59 Å². The van der Waals surface area contributed by atoms with Crippen molar-refractivity contribution in [2.45, 2.75) is 13.3 Å². The second-order valence-corrected chi connectivity index (χ2v) is 4.89. The van der Waals surface area contributed by atoms with E-state index in [-0.39, 0.29) is 11.7 Å². The predicted octanol–water partition coefficient (Wildman–Crippen LogP) is 1.42. The highest BCUT2D eigenvalue weighted by atomic mass is 16.2. The van der Waals surface area contributed by atoms with Crippen LogP contribution in [0.25, 0.3) is 0 Å². The zero-order chi connectivity index (χ0) is 13.7. The first-order valence-corrected chi connectivity index (χ1v) is 6.73. The van der Waals surface area contributed by atoms with Gasteiger partial charge in [-0.15, -0.1) is 0 Å². The summed E-state index contributed by atoms with van der Waals surface area (Å²) < 4.78 is 0. The number of hydrogen-bond acceptors (Lipinski definition) is 3. The van der Waals surface area contributed by atoms with Crippen molar-refractivity contribution in [1.82, 2.24) is 9.80 Å². The van der Waals surface area contributed by atoms with E-state index in [0.717, 1.165) is 38.3 Å². The van der Waals surface area contributed by atoms with Gasteiger partial charge >= 0.3 is 0 Å². The summed E-state index contributed by atoms with van der Waals surface area (Å²) in [4.78, 5) is 27.3. The molecule has 0 spiro atoms. The summed E-state index contributed by atoms with van der Waals surface area (Å²) in [7, 11) is 0. The van der Waals surface area contributed by atoms with Crippen LogP contribution in [0.15, 0.2) is 30.3 Å². The SMILES string of the molecule is CC(=O)N1CCN(CCC(=O)c2ccccc2)CC1. The third kappa shape index (κ3) is 3.89. The zero-order valence-electron chi connectivity index (χ0n) is 11.3. The van der Waals surface area contributed by atoms with Crippen molar-refractivity contribution in [3.8, 4) is 0 Å². The van der Waals surface area contributed by atoms with E-state index in [1.54, 1.807) is 6.92 Å². The first-order chi connectivity index (χ1) is 9.16. The van der Waals surface area contributed by atoms with Gasteiger partial charge in [-0.05, 0) is 0 Å². The molecule has 1 aliphatic rings. The van der Waals surface area contributed by atoms with E-state index in [1.165, 1.54) is 0 Å². The molecule has 0 radical (unpaired) electrons. The van der Waals surface area contributed by atoms with Gasteiger partial charge in [0, 0.05) is 51.6 Å². The third-order valence-electron chi connectivity index (χ3n) is 3.57. The molecule has 1 saturated heterocycles. The molecule has 1 amide bonds. The Kier molecular flexibility index (Phi) is 4.68. The topological polar surface area (TPSA) is 40.6 Å². The quantitative estimate of drug-likeness (QED) is 0.769. The molecule has 0 unspecified atom stereocenters. The maximum Gasteiger partial charge on any atom is 0.219 e. The fraction of sp³-hybridized carbons (Fsp3) is 0.467. The lowest BCUT2D eigenvalue weighted by atomic mass is 10.1. The average molecular weight is 260 g/mol. The molecule has 1 aromatic rings. The third-order valence-corrected chi connectivity index (χ3v) is 3.57. The van der Waals surface area contributed by atoms with Crippen molar-refractivity contribution in [1.29, 1.82) is 0 Å². The molecule has 0 N–H and O–H groups in total. The Morgan fingerprint density at radius 1 is 1.05 bits per heavy atom. The van der Waals surface area contributed by atoms with Gasteiger partial charge in [-0.25, -0.2) is 0 Å². The van der Waals surface area contributed by atoms with Crippen LogP contribution in [0, 0.1) is 0 Å². The Bertz CT molecular complexity index is 437. The van der Waals surface area contributed by atoms with E-state index in [2.05, 4.69) is 4.90 Å². The van der Waals surface area contributed by atoms with E-state index in [4.69, 9.17) is 0 Å². The van der Waals surface area contributed by atoms with E-state index in [0.29, 0.717) is 6.42 Å². The molecule has 4 heteroatoms. The Morgan fingerprint density at radius 3 is 2.26 bits per heavy atom. The standard InChI is InChI=1S/C15H20N2O2/c1-13(18)17-11-9-16(10-12-17)8-7-15(19)14-5-3-2-4-6-14/h2-6H,7-12H2,1H3. The molecule has 4 nitrogen and oxygen atoms in total. The van der Waals surface area contributed by atoms with Crippen molar-refractivity contribution in [2.24, 2.45) is 0 Å². The molecule has 1 fully saturated rings. The highest BCUT2D eigenvalue weighted by molar-refractivity contribution is 5.96. The number of rotatable bonds is 4. The lowest BCUT2D eigenvalue weighted by Gasteiger charge is -2.34. The number of nitrogens with zero attached hydrogens (tertiary/aromatic N) is 2. The Hall–Kier alpha value is -1.68. The van der Waals surface area contributed by atoms with Crippen LogP contribution in [0.1, 0.15) is 23.7 Å². The summed E-state index contributed by atoms with van der Waals surface area (Å²) in [6.07, 6.45) is 0.546. The van der Waals surface area contributed by atoms with Gasteiger partial charge in [0.15, 0.2) is 5.78 Å². The lowest BCUT2D eigenvalue weighted by molar-refractivity contribution is -0.130. The van der Waals surface area contributed by atoms with E-state index in [9.17, 15) is 9.59 Å². The summed E-state index contributed by atoms with van der Waals surface area (Å²) in [5.74, 6) is 0.328. The van der Waals surface area contributed by atoms with Gasteiger partial charge in [-0.1, -0.05) is 30.3 Å². The normalized spacial score (nSPS) is 16.4. The highest BCUT2D eigenvalue weighted by Crippen LogP contribution is 2.06. The van der Waals surface area contributed by atoms with Crippen molar-refractivity contribution in [2.75, 3.05) is 32.7 Å². The molecular weight excluding hydrogens is 240 g/mol. The second-order valence-electron chi connectivity index (χ2n) is 4.89. The van der Waals surface area contributed by atoms with Gasteiger partial charge in [0.1, 0.15) is 0 Å². The van der Waals surface area contributed by atoms with Crippen LogP contribution in [0.3, 0.4) is 0 Å². The number of carbonyl (C=O) groups excluding carboxylic acids is 2. The van der Waals surface area contributed by atoms with Crippen LogP contribution in [0.2, 0.25) is 0 Å². The summed E-state index contributed by atoms with van der Waals surface area (Å²) in [6, 6.07) is 9.40. The van der Waals surface area contributed by atoms with Crippen molar-refractivity contribution in [3.63, 3.8) is 0 Å². The van der Waals surface area contributed by atoms with Crippen molar-refractivity contribution >= 4 is 11.7 Å². The Morgan fingerprint density at radius 2 is 1.68 bits per heavy atom. The second kappa shape index (κ2) is 6.48. The minimum absolute atomic E-state index is 0.139. The van der Waals surface area contributed by atoms with E-state index >= 15 is 0 Å². The molecular formula is C15H20N2O2. The van der Waals surface area contributed by atoms with Crippen LogP contribution in [0.5, 0.6) is 0 Å². The van der Waals surface area contributed by atoms with E-state index in [1.807, 2.05) is 35.2 Å². The molecule has 1 heterocycles. The zero-order valence-corrected chi connectivity index (χ0v) is 11.3. The smallest absolute Gasteiger partial charge is 0.219 e. The highest BCUT2D eigenvalue weighted by Gasteiger charge is 2.18. The molecule has 102 valence electrons. The van der Waals surface area contributed by atoms with Crippen LogP contribution >= 0.6 is 0 Å². The predicted molar refractivity (Wildman–Crippen MR) is 74.1 cm³/mol. The molecule has 1 aliphatic heterocycles. The largest absolute Gasteiger partial charge is 0.340 e. The monoisotopic (exact) mass is 260 g/mol. The Balaban J connectivity index is 1.75. The summed E-state index contributed by atoms with van der Waals surface area (Å²) in [6.45, 7) is 5.65. The maximum absolute atomic E-state index is 12.0. The lowest BCUT2D eigenvalue weighted by Crippen LogP contribution is -2.48. The molecule has 0 aromatic heterocycles. The van der Waals surface area contributed by atoms with Gasteiger partial charge in [0.05, 0.1) is 0 Å². The molecule has 0 aliphatic carbocycles. The number of amides is 1. The van der Waals surface area contributed by atoms with Crippen LogP contribution in [-0.2, 0) is 4.79 Å². The van der Waals surface area contributed by atoms with Crippen LogP contribution in [-0.4, -0.2) is 54.2 Å². The minimum Gasteiger partial charge on any atom is -0.340 e. The minimum atomic E-state index is 0.139. The van der Waals surface area contributed by atoms with Gasteiger partial charge in [-0.3, -0.25) is 14.5 Å². The molecule has 19 heavy (non-hydrogen) atoms. The fourth-order valence-electron chi connectivity index (χ4n) is 2.31. The fourth-order valence-corrected chi connectivity index (χ4v) is 2.31. The first kappa shape index (κ1) is 13.7. The van der Waals surface area contributed by atoms with Crippen LogP contribution < -0.4 is 0 Å². The summed E-state index contributed by atoms with van der Waals surface area (Å²) in [5, 5.41) is 0. The number of Topliss-reactive ketones (excluding diaryl/α,β-unsaturated/α-hetero) is 1. The average Bonchev–Trinajstić information content (AvgIpc) is 2.46. The molecule has 2 rings (SSSR count). The van der Waals surface area contributed by atoms with E-state index < -0.39 is 0 Å². The van der Waals surface area contributed by atoms with Crippen molar-refractivity contribution in [3.05, 3.63) is 35.9 Å².